The molecule has 0 bridgehead atoms. The quantitative estimate of drug-likeness (QED) is 0.786. The predicted molar refractivity (Wildman–Crippen MR) is 93.8 cm³/mol. The first-order chi connectivity index (χ1) is 12.3. The molecule has 0 unspecified atom stereocenters. The summed E-state index contributed by atoms with van der Waals surface area (Å²) in [6.07, 6.45) is 0.0522. The maximum atomic E-state index is 12.0. The number of hydrogen-bond donors (Lipinski definition) is 1. The van der Waals surface area contributed by atoms with Crippen LogP contribution in [0, 0.1) is 13.8 Å². The number of carbonyl (C=O) groups is 3. The summed E-state index contributed by atoms with van der Waals surface area (Å²) in [5.41, 5.74) is 3.15. The van der Waals surface area contributed by atoms with Gasteiger partial charge in [-0.15, -0.1) is 0 Å². The fourth-order valence-corrected chi connectivity index (χ4v) is 2.45. The number of aromatic nitrogens is 2. The number of rotatable bonds is 6. The van der Waals surface area contributed by atoms with Crippen molar-refractivity contribution in [3.63, 3.8) is 0 Å². The lowest BCUT2D eigenvalue weighted by atomic mass is 10.1. The molecule has 1 N–H and O–H groups in total. The summed E-state index contributed by atoms with van der Waals surface area (Å²) in [4.78, 5) is 35.4. The number of carbonyl (C=O) groups excluding carboxylic acids is 3. The van der Waals surface area contributed by atoms with Crippen molar-refractivity contribution < 1.29 is 23.9 Å². The molecule has 0 radical (unpaired) electrons. The van der Waals surface area contributed by atoms with Crippen LogP contribution in [0.4, 0.5) is 5.69 Å². The molecule has 0 saturated heterocycles. The third-order valence-corrected chi connectivity index (χ3v) is 3.91. The van der Waals surface area contributed by atoms with Gasteiger partial charge in [0.2, 0.25) is 0 Å². The van der Waals surface area contributed by atoms with Crippen molar-refractivity contribution in [2.75, 3.05) is 19.0 Å². The first kappa shape index (κ1) is 19.2. The van der Waals surface area contributed by atoms with Crippen LogP contribution in [0.15, 0.2) is 24.3 Å². The Balaban J connectivity index is 1.88. The molecule has 138 valence electrons. The summed E-state index contributed by atoms with van der Waals surface area (Å²) in [7, 11) is 3.08. The molecule has 1 amide bonds. The van der Waals surface area contributed by atoms with E-state index in [1.165, 1.54) is 13.2 Å². The number of methoxy groups -OCH3 is 1. The molecule has 0 spiro atoms. The van der Waals surface area contributed by atoms with Crippen LogP contribution in [0.5, 0.6) is 0 Å². The molecule has 8 nitrogen and oxygen atoms in total. The van der Waals surface area contributed by atoms with Gasteiger partial charge in [0.1, 0.15) is 0 Å². The minimum Gasteiger partial charge on any atom is -0.465 e. The zero-order valence-corrected chi connectivity index (χ0v) is 15.2. The van der Waals surface area contributed by atoms with Crippen molar-refractivity contribution in [2.45, 2.75) is 20.3 Å². The highest BCUT2D eigenvalue weighted by atomic mass is 16.5. The van der Waals surface area contributed by atoms with E-state index in [1.54, 1.807) is 29.9 Å². The van der Waals surface area contributed by atoms with Gasteiger partial charge in [-0.3, -0.25) is 14.3 Å². The smallest absolute Gasteiger partial charge is 0.337 e. The minimum absolute atomic E-state index is 0.0522. The lowest BCUT2D eigenvalue weighted by molar-refractivity contribution is -0.146. The average Bonchev–Trinajstić information content (AvgIpc) is 2.85. The van der Waals surface area contributed by atoms with Gasteiger partial charge in [-0.1, -0.05) is 6.07 Å². The van der Waals surface area contributed by atoms with Gasteiger partial charge in [-0.05, 0) is 32.0 Å². The highest BCUT2D eigenvalue weighted by molar-refractivity contribution is 5.95. The van der Waals surface area contributed by atoms with Crippen LogP contribution in [-0.4, -0.2) is 41.3 Å². The number of ether oxygens (including phenoxy) is 2. The molecule has 0 aliphatic heterocycles. The standard InChI is InChI=1S/C18H21N3O5/c1-11-15(12(2)21(3)20-11)9-17(23)26-10-16(22)19-14-7-5-6-13(8-14)18(24)25-4/h5-8H,9-10H2,1-4H3,(H,19,22). The monoisotopic (exact) mass is 359 g/mol. The van der Waals surface area contributed by atoms with E-state index >= 15 is 0 Å². The Morgan fingerprint density at radius 3 is 2.58 bits per heavy atom. The Labute approximate surface area is 151 Å². The highest BCUT2D eigenvalue weighted by Gasteiger charge is 2.16. The van der Waals surface area contributed by atoms with Crippen LogP contribution in [0.3, 0.4) is 0 Å². The highest BCUT2D eigenvalue weighted by Crippen LogP contribution is 2.14. The van der Waals surface area contributed by atoms with Crippen molar-refractivity contribution in [2.24, 2.45) is 7.05 Å². The van der Waals surface area contributed by atoms with E-state index in [4.69, 9.17) is 4.74 Å². The van der Waals surface area contributed by atoms with Crippen LogP contribution in [0.2, 0.25) is 0 Å². The largest absolute Gasteiger partial charge is 0.465 e. The molecule has 0 aliphatic carbocycles. The van der Waals surface area contributed by atoms with Crippen molar-refractivity contribution in [3.05, 3.63) is 46.8 Å². The Bertz CT molecular complexity index is 841. The summed E-state index contributed by atoms with van der Waals surface area (Å²) in [6, 6.07) is 6.28. The van der Waals surface area contributed by atoms with Crippen LogP contribution in [-0.2, 0) is 32.5 Å². The summed E-state index contributed by atoms with van der Waals surface area (Å²) in [5, 5.41) is 6.80. The predicted octanol–water partition coefficient (Wildman–Crippen LogP) is 1.55. The third-order valence-electron chi connectivity index (χ3n) is 3.91. The molecule has 0 atom stereocenters. The summed E-state index contributed by atoms with van der Waals surface area (Å²) < 4.78 is 11.3. The van der Waals surface area contributed by atoms with E-state index in [9.17, 15) is 14.4 Å². The maximum absolute atomic E-state index is 12.0. The molecule has 0 fully saturated rings. The van der Waals surface area contributed by atoms with Crippen LogP contribution in [0.1, 0.15) is 27.3 Å². The summed E-state index contributed by atoms with van der Waals surface area (Å²) in [6.45, 7) is 3.26. The minimum atomic E-state index is -0.511. The van der Waals surface area contributed by atoms with Gasteiger partial charge in [0.15, 0.2) is 6.61 Å². The second-order valence-electron chi connectivity index (χ2n) is 5.73. The topological polar surface area (TPSA) is 99.5 Å². The van der Waals surface area contributed by atoms with E-state index in [0.29, 0.717) is 11.3 Å². The molecule has 1 aromatic heterocycles. The Hall–Kier alpha value is -3.16. The number of nitrogens with zero attached hydrogens (tertiary/aromatic N) is 2. The number of amides is 1. The first-order valence-electron chi connectivity index (χ1n) is 7.94. The molecular formula is C18H21N3O5. The number of nitrogens with one attached hydrogen (secondary N) is 1. The molecule has 0 saturated carbocycles. The van der Waals surface area contributed by atoms with Crippen LogP contribution < -0.4 is 5.32 Å². The molecule has 2 rings (SSSR count). The fraction of sp³-hybridized carbons (Fsp3) is 0.333. The van der Waals surface area contributed by atoms with Crippen LogP contribution in [0.25, 0.3) is 0 Å². The fourth-order valence-electron chi connectivity index (χ4n) is 2.45. The van der Waals surface area contributed by atoms with E-state index in [2.05, 4.69) is 15.2 Å². The normalized spacial score (nSPS) is 10.3. The third kappa shape index (κ3) is 4.69. The lowest BCUT2D eigenvalue weighted by Crippen LogP contribution is -2.22. The first-order valence-corrected chi connectivity index (χ1v) is 7.94. The molecule has 1 heterocycles. The van der Waals surface area contributed by atoms with Gasteiger partial charge in [0, 0.05) is 24.0 Å². The summed E-state index contributed by atoms with van der Waals surface area (Å²) in [5.74, 6) is -1.52. The maximum Gasteiger partial charge on any atom is 0.337 e. The number of anilines is 1. The van der Waals surface area contributed by atoms with Gasteiger partial charge in [0.25, 0.3) is 5.91 Å². The Morgan fingerprint density at radius 1 is 1.23 bits per heavy atom. The van der Waals surface area contributed by atoms with Gasteiger partial charge >= 0.3 is 11.9 Å². The second-order valence-corrected chi connectivity index (χ2v) is 5.73. The van der Waals surface area contributed by atoms with E-state index in [1.807, 2.05) is 13.8 Å². The van der Waals surface area contributed by atoms with Gasteiger partial charge in [0.05, 0.1) is 24.8 Å². The second kappa shape index (κ2) is 8.28. The van der Waals surface area contributed by atoms with Gasteiger partial charge in [-0.25, -0.2) is 4.79 Å². The van der Waals surface area contributed by atoms with E-state index < -0.39 is 24.5 Å². The average molecular weight is 359 g/mol. The molecule has 26 heavy (non-hydrogen) atoms. The molecule has 1 aromatic carbocycles. The van der Waals surface area contributed by atoms with Crippen LogP contribution >= 0.6 is 0 Å². The summed E-state index contributed by atoms with van der Waals surface area (Å²) >= 11 is 0. The molecule has 2 aromatic rings. The van der Waals surface area contributed by atoms with Crippen molar-refractivity contribution in [1.82, 2.24) is 9.78 Å². The number of benzene rings is 1. The van der Waals surface area contributed by atoms with Crippen molar-refractivity contribution >= 4 is 23.5 Å². The Kier molecular flexibility index (Phi) is 6.11. The molecule has 8 heteroatoms. The number of hydrogen-bond acceptors (Lipinski definition) is 6. The lowest BCUT2D eigenvalue weighted by Gasteiger charge is -2.08. The zero-order chi connectivity index (χ0) is 19.3. The van der Waals surface area contributed by atoms with Gasteiger partial charge < -0.3 is 14.8 Å². The number of esters is 2. The molecule has 0 aliphatic rings. The Morgan fingerprint density at radius 2 is 1.96 bits per heavy atom. The SMILES string of the molecule is COC(=O)c1cccc(NC(=O)COC(=O)Cc2c(C)nn(C)c2C)c1. The van der Waals surface area contributed by atoms with Crippen molar-refractivity contribution in [3.8, 4) is 0 Å². The number of aryl methyl sites for hydroxylation is 2. The van der Waals surface area contributed by atoms with Gasteiger partial charge in [-0.2, -0.15) is 5.10 Å². The van der Waals surface area contributed by atoms with E-state index in [0.717, 1.165) is 17.0 Å². The van der Waals surface area contributed by atoms with E-state index in [-0.39, 0.29) is 6.42 Å². The van der Waals surface area contributed by atoms with Crippen molar-refractivity contribution in [1.29, 1.82) is 0 Å². The zero-order valence-electron chi connectivity index (χ0n) is 15.2. The molecular weight excluding hydrogens is 338 g/mol.